The second-order valence-corrected chi connectivity index (χ2v) is 3.51. The number of aryl methyl sites for hydroxylation is 1. The van der Waals surface area contributed by atoms with Crippen molar-refractivity contribution >= 4 is 0 Å². The van der Waals surface area contributed by atoms with Crippen LogP contribution in [0.25, 0.3) is 0 Å². The molecule has 1 rings (SSSR count). The Hall–Kier alpha value is -1.33. The smallest absolute Gasteiger partial charge is 0.0552 e. The molecule has 0 saturated heterocycles. The van der Waals surface area contributed by atoms with Gasteiger partial charge in [-0.15, -0.1) is 11.8 Å². The molecule has 0 fully saturated rings. The maximum Gasteiger partial charge on any atom is 0.0552 e. The molecule has 0 amide bonds. The molecular formula is C13H17NO. The second kappa shape index (κ2) is 7.03. The van der Waals surface area contributed by atoms with Crippen LogP contribution in [-0.4, -0.2) is 16.2 Å². The number of nitrogens with zero attached hydrogens (tertiary/aromatic N) is 1. The van der Waals surface area contributed by atoms with E-state index in [1.165, 1.54) is 5.56 Å². The van der Waals surface area contributed by atoms with Gasteiger partial charge in [-0.25, -0.2) is 0 Å². The number of hydrogen-bond donors (Lipinski definition) is 1. The fourth-order valence-electron chi connectivity index (χ4n) is 1.39. The molecule has 0 radical (unpaired) electrons. The zero-order valence-electron chi connectivity index (χ0n) is 9.11. The van der Waals surface area contributed by atoms with Gasteiger partial charge in [0.15, 0.2) is 0 Å². The number of hydrogen-bond acceptors (Lipinski definition) is 2. The topological polar surface area (TPSA) is 33.1 Å². The fourth-order valence-corrected chi connectivity index (χ4v) is 1.39. The van der Waals surface area contributed by atoms with E-state index >= 15 is 0 Å². The van der Waals surface area contributed by atoms with Gasteiger partial charge in [0.2, 0.25) is 0 Å². The van der Waals surface area contributed by atoms with E-state index in [9.17, 15) is 5.11 Å². The van der Waals surface area contributed by atoms with E-state index in [0.29, 0.717) is 0 Å². The molecule has 80 valence electrons. The highest BCUT2D eigenvalue weighted by Gasteiger charge is 2.03. The van der Waals surface area contributed by atoms with Gasteiger partial charge in [-0.05, 0) is 43.9 Å². The molecule has 2 nitrogen and oxygen atoms in total. The molecule has 15 heavy (non-hydrogen) atoms. The summed E-state index contributed by atoms with van der Waals surface area (Å²) in [6, 6.07) is 3.97. The van der Waals surface area contributed by atoms with Crippen molar-refractivity contribution in [2.24, 2.45) is 0 Å². The summed E-state index contributed by atoms with van der Waals surface area (Å²) in [6.07, 6.45) is 6.59. The molecular weight excluding hydrogens is 186 g/mol. The van der Waals surface area contributed by atoms with Crippen LogP contribution in [0.1, 0.15) is 31.7 Å². The molecule has 1 unspecified atom stereocenters. The van der Waals surface area contributed by atoms with Crippen molar-refractivity contribution in [2.45, 2.75) is 38.7 Å². The normalized spacial score (nSPS) is 11.6. The maximum atomic E-state index is 9.65. The Morgan fingerprint density at radius 2 is 2.07 bits per heavy atom. The first kappa shape index (κ1) is 11.7. The van der Waals surface area contributed by atoms with Crippen LogP contribution < -0.4 is 0 Å². The van der Waals surface area contributed by atoms with E-state index in [0.717, 1.165) is 25.7 Å². The van der Waals surface area contributed by atoms with E-state index < -0.39 is 0 Å². The number of rotatable bonds is 5. The van der Waals surface area contributed by atoms with Crippen molar-refractivity contribution < 1.29 is 5.11 Å². The lowest BCUT2D eigenvalue weighted by atomic mass is 10.1. The van der Waals surface area contributed by atoms with Gasteiger partial charge in [-0.3, -0.25) is 4.98 Å². The lowest BCUT2D eigenvalue weighted by Crippen LogP contribution is -2.07. The summed E-state index contributed by atoms with van der Waals surface area (Å²) in [5, 5.41) is 9.65. The average Bonchev–Trinajstić information content (AvgIpc) is 2.28. The van der Waals surface area contributed by atoms with Crippen LogP contribution in [0, 0.1) is 11.8 Å². The molecule has 2 heteroatoms. The van der Waals surface area contributed by atoms with Gasteiger partial charge in [0.05, 0.1) is 6.10 Å². The highest BCUT2D eigenvalue weighted by Crippen LogP contribution is 2.07. The van der Waals surface area contributed by atoms with Crippen molar-refractivity contribution in [2.75, 3.05) is 0 Å². The Balaban J connectivity index is 2.21. The predicted molar refractivity (Wildman–Crippen MR) is 61.2 cm³/mol. The second-order valence-electron chi connectivity index (χ2n) is 3.51. The number of aromatic nitrogens is 1. The van der Waals surface area contributed by atoms with E-state index in [1.54, 1.807) is 12.4 Å². The fraction of sp³-hybridized carbons (Fsp3) is 0.462. The Morgan fingerprint density at radius 1 is 1.33 bits per heavy atom. The molecule has 1 N–H and O–H groups in total. The molecule has 0 aliphatic carbocycles. The molecule has 0 spiro atoms. The van der Waals surface area contributed by atoms with E-state index in [2.05, 4.69) is 16.8 Å². The number of aliphatic hydroxyl groups excluding tert-OH is 1. The largest absolute Gasteiger partial charge is 0.393 e. The first-order chi connectivity index (χ1) is 7.33. The van der Waals surface area contributed by atoms with Crippen LogP contribution in [0.2, 0.25) is 0 Å². The van der Waals surface area contributed by atoms with Gasteiger partial charge >= 0.3 is 0 Å². The lowest BCUT2D eigenvalue weighted by Gasteiger charge is -2.07. The standard InChI is InChI=1S/C13H17NO/c1-2-3-4-5-13(15)7-6-12-8-10-14-11-9-12/h8-11,13,15H,4-7H2,1H3. The van der Waals surface area contributed by atoms with E-state index in [1.807, 2.05) is 19.1 Å². The third-order valence-electron chi connectivity index (χ3n) is 2.29. The monoisotopic (exact) mass is 203 g/mol. The summed E-state index contributed by atoms with van der Waals surface area (Å²) in [5.41, 5.74) is 1.23. The van der Waals surface area contributed by atoms with Gasteiger partial charge in [0.25, 0.3) is 0 Å². The summed E-state index contributed by atoms with van der Waals surface area (Å²) < 4.78 is 0. The Kier molecular flexibility index (Phi) is 5.50. The van der Waals surface area contributed by atoms with Gasteiger partial charge < -0.3 is 5.11 Å². The van der Waals surface area contributed by atoms with Crippen LogP contribution in [0.3, 0.4) is 0 Å². The van der Waals surface area contributed by atoms with Crippen molar-refractivity contribution in [1.29, 1.82) is 0 Å². The number of pyridine rings is 1. The Bertz CT molecular complexity index is 323. The van der Waals surface area contributed by atoms with Crippen molar-refractivity contribution in [3.8, 4) is 11.8 Å². The van der Waals surface area contributed by atoms with Crippen molar-refractivity contribution in [1.82, 2.24) is 4.98 Å². The third kappa shape index (κ3) is 5.19. The molecule has 1 aromatic rings. The van der Waals surface area contributed by atoms with Crippen LogP contribution in [0.5, 0.6) is 0 Å². The van der Waals surface area contributed by atoms with Crippen molar-refractivity contribution in [3.63, 3.8) is 0 Å². The highest BCUT2D eigenvalue weighted by molar-refractivity contribution is 5.09. The SMILES string of the molecule is CC#CCCC(O)CCc1ccncc1. The van der Waals surface area contributed by atoms with Crippen LogP contribution in [-0.2, 0) is 6.42 Å². The summed E-state index contributed by atoms with van der Waals surface area (Å²) in [6.45, 7) is 1.82. The van der Waals surface area contributed by atoms with E-state index in [4.69, 9.17) is 0 Å². The zero-order valence-corrected chi connectivity index (χ0v) is 9.11. The molecule has 0 saturated carbocycles. The van der Waals surface area contributed by atoms with Gasteiger partial charge in [-0.1, -0.05) is 0 Å². The number of aliphatic hydroxyl groups is 1. The summed E-state index contributed by atoms with van der Waals surface area (Å²) >= 11 is 0. The van der Waals surface area contributed by atoms with Crippen LogP contribution in [0.15, 0.2) is 24.5 Å². The Morgan fingerprint density at radius 3 is 2.73 bits per heavy atom. The quantitative estimate of drug-likeness (QED) is 0.744. The highest BCUT2D eigenvalue weighted by atomic mass is 16.3. The zero-order chi connectivity index (χ0) is 10.9. The van der Waals surface area contributed by atoms with Gasteiger partial charge in [0.1, 0.15) is 0 Å². The van der Waals surface area contributed by atoms with Crippen LogP contribution in [0.4, 0.5) is 0 Å². The van der Waals surface area contributed by atoms with Crippen molar-refractivity contribution in [3.05, 3.63) is 30.1 Å². The first-order valence-corrected chi connectivity index (χ1v) is 5.29. The lowest BCUT2D eigenvalue weighted by molar-refractivity contribution is 0.156. The molecule has 0 bridgehead atoms. The molecule has 1 aromatic heterocycles. The summed E-state index contributed by atoms with van der Waals surface area (Å²) in [4.78, 5) is 3.95. The minimum absolute atomic E-state index is 0.237. The molecule has 1 heterocycles. The molecule has 1 atom stereocenters. The maximum absolute atomic E-state index is 9.65. The third-order valence-corrected chi connectivity index (χ3v) is 2.29. The molecule has 0 aromatic carbocycles. The van der Waals surface area contributed by atoms with E-state index in [-0.39, 0.29) is 6.10 Å². The molecule has 0 aliphatic heterocycles. The average molecular weight is 203 g/mol. The summed E-state index contributed by atoms with van der Waals surface area (Å²) in [5.74, 6) is 5.78. The molecule has 0 aliphatic rings. The predicted octanol–water partition coefficient (Wildman–Crippen LogP) is 2.18. The Labute approximate surface area is 91.4 Å². The van der Waals surface area contributed by atoms with Gasteiger partial charge in [0, 0.05) is 18.8 Å². The van der Waals surface area contributed by atoms with Gasteiger partial charge in [-0.2, -0.15) is 0 Å². The minimum atomic E-state index is -0.237. The van der Waals surface area contributed by atoms with Crippen LogP contribution >= 0.6 is 0 Å². The minimum Gasteiger partial charge on any atom is -0.393 e. The first-order valence-electron chi connectivity index (χ1n) is 5.29. The summed E-state index contributed by atoms with van der Waals surface area (Å²) in [7, 11) is 0.